The Balaban J connectivity index is 1.86. The van der Waals surface area contributed by atoms with Crippen molar-refractivity contribution in [2.45, 2.75) is 32.0 Å². The first-order chi connectivity index (χ1) is 9.19. The quantitative estimate of drug-likeness (QED) is 0.867. The Bertz CT molecular complexity index is 368. The number of nitrogens with zero attached hydrogens (tertiary/aromatic N) is 3. The van der Waals surface area contributed by atoms with Gasteiger partial charge in [0, 0.05) is 25.3 Å². The molecule has 0 spiro atoms. The molecule has 1 saturated heterocycles. The topological polar surface area (TPSA) is 31.4 Å². The van der Waals surface area contributed by atoms with E-state index in [-0.39, 0.29) is 0 Å². The zero-order chi connectivity index (χ0) is 13.7. The van der Waals surface area contributed by atoms with Crippen LogP contribution in [0.1, 0.15) is 24.1 Å². The fraction of sp³-hybridized carbons (Fsp3) is 0.667. The van der Waals surface area contributed by atoms with Gasteiger partial charge in [-0.15, -0.1) is 0 Å². The van der Waals surface area contributed by atoms with Crippen molar-refractivity contribution in [3.05, 3.63) is 29.6 Å². The molecule has 106 valence electrons. The van der Waals surface area contributed by atoms with E-state index in [4.69, 9.17) is 0 Å². The number of pyridine rings is 1. The molecule has 2 heterocycles. The number of hydrogen-bond acceptors (Lipinski definition) is 4. The molecule has 0 atom stereocenters. The van der Waals surface area contributed by atoms with E-state index < -0.39 is 0 Å². The second kappa shape index (κ2) is 6.98. The molecule has 1 aliphatic rings. The van der Waals surface area contributed by atoms with Crippen LogP contribution < -0.4 is 5.32 Å². The SMILES string of the molecule is CNCc1ccc(CN(C)C2CCN(C)CC2)nc1. The third-order valence-corrected chi connectivity index (χ3v) is 3.99. The summed E-state index contributed by atoms with van der Waals surface area (Å²) in [7, 11) is 6.39. The van der Waals surface area contributed by atoms with Crippen LogP contribution in [0.25, 0.3) is 0 Å². The molecule has 4 heteroatoms. The zero-order valence-corrected chi connectivity index (χ0v) is 12.4. The number of aromatic nitrogens is 1. The Labute approximate surface area is 116 Å². The van der Waals surface area contributed by atoms with E-state index in [9.17, 15) is 0 Å². The van der Waals surface area contributed by atoms with E-state index in [1.54, 1.807) is 0 Å². The van der Waals surface area contributed by atoms with Gasteiger partial charge in [0.05, 0.1) is 5.69 Å². The summed E-state index contributed by atoms with van der Waals surface area (Å²) in [4.78, 5) is 9.42. The van der Waals surface area contributed by atoms with Gasteiger partial charge in [0.2, 0.25) is 0 Å². The lowest BCUT2D eigenvalue weighted by Crippen LogP contribution is -2.41. The highest BCUT2D eigenvalue weighted by atomic mass is 15.2. The first kappa shape index (κ1) is 14.4. The fourth-order valence-corrected chi connectivity index (χ4v) is 2.68. The van der Waals surface area contributed by atoms with Crippen LogP contribution in [0.2, 0.25) is 0 Å². The Morgan fingerprint density at radius 3 is 2.68 bits per heavy atom. The normalized spacial score (nSPS) is 18.1. The van der Waals surface area contributed by atoms with Gasteiger partial charge >= 0.3 is 0 Å². The van der Waals surface area contributed by atoms with Crippen LogP contribution in [-0.4, -0.2) is 55.1 Å². The molecule has 0 amide bonds. The van der Waals surface area contributed by atoms with Gasteiger partial charge in [0.1, 0.15) is 0 Å². The monoisotopic (exact) mass is 262 g/mol. The van der Waals surface area contributed by atoms with E-state index in [1.807, 2.05) is 13.2 Å². The standard InChI is InChI=1S/C15H26N4/c1-16-10-13-4-5-14(17-11-13)12-19(3)15-6-8-18(2)9-7-15/h4-5,11,15-16H,6-10,12H2,1-3H3. The molecule has 1 fully saturated rings. The van der Waals surface area contributed by atoms with E-state index in [0.29, 0.717) is 6.04 Å². The molecule has 0 bridgehead atoms. The highest BCUT2D eigenvalue weighted by Gasteiger charge is 2.20. The van der Waals surface area contributed by atoms with Crippen molar-refractivity contribution in [1.29, 1.82) is 0 Å². The minimum Gasteiger partial charge on any atom is -0.316 e. The summed E-state index contributed by atoms with van der Waals surface area (Å²) < 4.78 is 0. The molecule has 1 aromatic heterocycles. The second-order valence-electron chi connectivity index (χ2n) is 5.64. The largest absolute Gasteiger partial charge is 0.316 e. The van der Waals surface area contributed by atoms with Crippen LogP contribution in [0.15, 0.2) is 18.3 Å². The van der Waals surface area contributed by atoms with Crippen LogP contribution in [0.5, 0.6) is 0 Å². The number of piperidine rings is 1. The van der Waals surface area contributed by atoms with Crippen molar-refractivity contribution in [1.82, 2.24) is 20.1 Å². The average molecular weight is 262 g/mol. The van der Waals surface area contributed by atoms with Crippen molar-refractivity contribution in [2.24, 2.45) is 0 Å². The predicted molar refractivity (Wildman–Crippen MR) is 79.0 cm³/mol. The molecule has 19 heavy (non-hydrogen) atoms. The lowest BCUT2D eigenvalue weighted by atomic mass is 10.0. The summed E-state index contributed by atoms with van der Waals surface area (Å²) in [5, 5.41) is 3.14. The number of nitrogens with one attached hydrogen (secondary N) is 1. The number of rotatable bonds is 5. The highest BCUT2D eigenvalue weighted by Crippen LogP contribution is 2.16. The summed E-state index contributed by atoms with van der Waals surface area (Å²) in [6.45, 7) is 4.26. The third kappa shape index (κ3) is 4.27. The summed E-state index contributed by atoms with van der Waals surface area (Å²) in [6.07, 6.45) is 4.52. The lowest BCUT2D eigenvalue weighted by Gasteiger charge is -2.34. The first-order valence-electron chi connectivity index (χ1n) is 7.16. The van der Waals surface area contributed by atoms with Gasteiger partial charge in [-0.1, -0.05) is 6.07 Å². The van der Waals surface area contributed by atoms with Crippen molar-refractivity contribution < 1.29 is 0 Å². The Morgan fingerprint density at radius 1 is 1.37 bits per heavy atom. The molecule has 0 radical (unpaired) electrons. The number of hydrogen-bond donors (Lipinski definition) is 1. The minimum atomic E-state index is 0.704. The predicted octanol–water partition coefficient (Wildman–Crippen LogP) is 1.33. The van der Waals surface area contributed by atoms with Gasteiger partial charge in [0.25, 0.3) is 0 Å². The molecule has 0 aromatic carbocycles. The van der Waals surface area contributed by atoms with E-state index in [2.05, 4.69) is 46.3 Å². The third-order valence-electron chi connectivity index (χ3n) is 3.99. The average Bonchev–Trinajstić information content (AvgIpc) is 2.42. The van der Waals surface area contributed by atoms with Gasteiger partial charge < -0.3 is 10.2 Å². The van der Waals surface area contributed by atoms with Gasteiger partial charge in [0.15, 0.2) is 0 Å². The molecular weight excluding hydrogens is 236 g/mol. The van der Waals surface area contributed by atoms with Crippen molar-refractivity contribution >= 4 is 0 Å². The smallest absolute Gasteiger partial charge is 0.0544 e. The molecule has 0 saturated carbocycles. The molecule has 0 unspecified atom stereocenters. The molecule has 1 aromatic rings. The van der Waals surface area contributed by atoms with E-state index >= 15 is 0 Å². The maximum atomic E-state index is 4.55. The highest BCUT2D eigenvalue weighted by molar-refractivity contribution is 5.14. The van der Waals surface area contributed by atoms with Gasteiger partial charge in [-0.25, -0.2) is 0 Å². The second-order valence-corrected chi connectivity index (χ2v) is 5.64. The first-order valence-corrected chi connectivity index (χ1v) is 7.16. The number of likely N-dealkylation sites (tertiary alicyclic amines) is 1. The fourth-order valence-electron chi connectivity index (χ4n) is 2.68. The van der Waals surface area contributed by atoms with Gasteiger partial charge in [-0.2, -0.15) is 0 Å². The van der Waals surface area contributed by atoms with Crippen LogP contribution in [0.4, 0.5) is 0 Å². The van der Waals surface area contributed by atoms with Crippen molar-refractivity contribution in [2.75, 3.05) is 34.2 Å². The van der Waals surface area contributed by atoms with Crippen LogP contribution >= 0.6 is 0 Å². The Kier molecular flexibility index (Phi) is 5.31. The van der Waals surface area contributed by atoms with Crippen LogP contribution in [-0.2, 0) is 13.1 Å². The molecule has 2 rings (SSSR count). The summed E-state index contributed by atoms with van der Waals surface area (Å²) in [6, 6.07) is 5.02. The van der Waals surface area contributed by atoms with Crippen LogP contribution in [0, 0.1) is 0 Å². The summed E-state index contributed by atoms with van der Waals surface area (Å²) in [5.41, 5.74) is 2.41. The minimum absolute atomic E-state index is 0.704. The summed E-state index contributed by atoms with van der Waals surface area (Å²) >= 11 is 0. The Hall–Kier alpha value is -0.970. The molecule has 1 N–H and O–H groups in total. The van der Waals surface area contributed by atoms with Crippen molar-refractivity contribution in [3.63, 3.8) is 0 Å². The zero-order valence-electron chi connectivity index (χ0n) is 12.4. The Morgan fingerprint density at radius 2 is 2.11 bits per heavy atom. The summed E-state index contributed by atoms with van der Waals surface area (Å²) in [5.74, 6) is 0. The van der Waals surface area contributed by atoms with E-state index in [1.165, 1.54) is 37.2 Å². The van der Waals surface area contributed by atoms with Crippen LogP contribution in [0.3, 0.4) is 0 Å². The van der Waals surface area contributed by atoms with Crippen molar-refractivity contribution in [3.8, 4) is 0 Å². The maximum absolute atomic E-state index is 4.55. The van der Waals surface area contributed by atoms with E-state index in [0.717, 1.165) is 13.1 Å². The maximum Gasteiger partial charge on any atom is 0.0544 e. The van der Waals surface area contributed by atoms with Gasteiger partial charge in [-0.05, 0) is 58.7 Å². The van der Waals surface area contributed by atoms with Gasteiger partial charge in [-0.3, -0.25) is 9.88 Å². The molecular formula is C15H26N4. The lowest BCUT2D eigenvalue weighted by molar-refractivity contribution is 0.138. The molecule has 1 aliphatic heterocycles. The molecule has 0 aliphatic carbocycles. The molecule has 4 nitrogen and oxygen atoms in total.